The Labute approximate surface area is 165 Å². The average molecular weight is 436 g/mol. The van der Waals surface area contributed by atoms with Crippen LogP contribution in [0.15, 0.2) is 22.7 Å². The molecule has 3 aliphatic rings. The minimum atomic E-state index is -1.23. The highest BCUT2D eigenvalue weighted by Gasteiger charge is 2.70. The second-order valence-electron chi connectivity index (χ2n) is 7.69. The number of benzene rings is 1. The molecule has 3 aliphatic heterocycles. The van der Waals surface area contributed by atoms with Crippen molar-refractivity contribution in [2.75, 3.05) is 25.6 Å². The number of halogens is 1. The van der Waals surface area contributed by atoms with Crippen molar-refractivity contribution in [1.82, 2.24) is 10.2 Å². The Bertz CT molecular complexity index is 842. The number of methoxy groups -OCH3 is 1. The molecule has 2 N–H and O–H groups in total. The average Bonchev–Trinajstić information content (AvgIpc) is 3.20. The topological polar surface area (TPSA) is 87.7 Å². The first-order valence-corrected chi connectivity index (χ1v) is 9.85. The number of hydrogen-bond acceptors (Lipinski definition) is 5. The van der Waals surface area contributed by atoms with Gasteiger partial charge in [0.05, 0.1) is 25.0 Å². The van der Waals surface area contributed by atoms with E-state index in [1.165, 1.54) is 12.0 Å². The molecule has 4 atom stereocenters. The quantitative estimate of drug-likeness (QED) is 0.699. The molecule has 3 amide bonds. The highest BCUT2D eigenvalue weighted by atomic mass is 79.9. The van der Waals surface area contributed by atoms with E-state index in [1.54, 1.807) is 0 Å². The Morgan fingerprint density at radius 2 is 2.00 bits per heavy atom. The Morgan fingerprint density at radius 1 is 1.26 bits per heavy atom. The number of carbonyl (C=O) groups is 3. The zero-order valence-corrected chi connectivity index (χ0v) is 17.0. The number of nitrogens with one attached hydrogen (secondary N) is 2. The maximum absolute atomic E-state index is 13.3. The number of anilines is 1. The molecule has 0 saturated carbocycles. The van der Waals surface area contributed by atoms with Crippen LogP contribution in [-0.2, 0) is 24.7 Å². The van der Waals surface area contributed by atoms with E-state index in [9.17, 15) is 14.4 Å². The van der Waals surface area contributed by atoms with Crippen molar-refractivity contribution >= 4 is 39.3 Å². The number of carbonyl (C=O) groups excluding carboxylic acids is 3. The van der Waals surface area contributed by atoms with Crippen molar-refractivity contribution in [3.63, 3.8) is 0 Å². The summed E-state index contributed by atoms with van der Waals surface area (Å²) in [6, 6.07) is 5.25. The fourth-order valence-electron chi connectivity index (χ4n) is 4.74. The molecule has 0 bridgehead atoms. The fourth-order valence-corrected chi connectivity index (χ4v) is 5.10. The van der Waals surface area contributed by atoms with Gasteiger partial charge in [-0.15, -0.1) is 0 Å². The Hall–Kier alpha value is -1.77. The molecule has 0 unspecified atom stereocenters. The maximum atomic E-state index is 13.3. The molecule has 0 aromatic heterocycles. The molecule has 2 saturated heterocycles. The lowest BCUT2D eigenvalue weighted by molar-refractivity contribution is -0.143. The van der Waals surface area contributed by atoms with Gasteiger partial charge in [-0.1, -0.05) is 29.8 Å². The molecular weight excluding hydrogens is 414 g/mol. The molecule has 1 aromatic rings. The van der Waals surface area contributed by atoms with Gasteiger partial charge in [0.1, 0.15) is 5.54 Å². The van der Waals surface area contributed by atoms with Gasteiger partial charge in [-0.2, -0.15) is 0 Å². The SMILES string of the molecule is COCCN1C(=O)[C@H]2[C@@H](C1=O)[C@]1(N[C@H]2C(C)C)C(=O)Nc2ccc(Br)cc21. The summed E-state index contributed by atoms with van der Waals surface area (Å²) in [7, 11) is 1.53. The van der Waals surface area contributed by atoms with Crippen LogP contribution in [0.25, 0.3) is 0 Å². The van der Waals surface area contributed by atoms with Crippen LogP contribution in [0.4, 0.5) is 5.69 Å². The fraction of sp³-hybridized carbons (Fsp3) is 0.526. The largest absolute Gasteiger partial charge is 0.383 e. The third-order valence-corrected chi connectivity index (χ3v) is 6.43. The van der Waals surface area contributed by atoms with E-state index < -0.39 is 17.4 Å². The first-order valence-electron chi connectivity index (χ1n) is 9.06. The van der Waals surface area contributed by atoms with Gasteiger partial charge in [-0.05, 0) is 24.1 Å². The van der Waals surface area contributed by atoms with E-state index in [2.05, 4.69) is 26.6 Å². The molecule has 0 radical (unpaired) electrons. The molecule has 144 valence electrons. The first-order chi connectivity index (χ1) is 12.8. The molecule has 3 heterocycles. The number of rotatable bonds is 4. The van der Waals surface area contributed by atoms with Gasteiger partial charge >= 0.3 is 0 Å². The van der Waals surface area contributed by atoms with Crippen molar-refractivity contribution in [3.8, 4) is 0 Å². The third kappa shape index (κ3) is 2.43. The molecule has 2 fully saturated rings. The first kappa shape index (κ1) is 18.6. The lowest BCUT2D eigenvalue weighted by Crippen LogP contribution is -2.54. The summed E-state index contributed by atoms with van der Waals surface area (Å²) >= 11 is 3.46. The van der Waals surface area contributed by atoms with Crippen molar-refractivity contribution < 1.29 is 19.1 Å². The molecule has 7 nitrogen and oxygen atoms in total. The van der Waals surface area contributed by atoms with Crippen molar-refractivity contribution in [2.45, 2.75) is 25.4 Å². The highest BCUT2D eigenvalue weighted by molar-refractivity contribution is 9.10. The summed E-state index contributed by atoms with van der Waals surface area (Å²) in [5.41, 5.74) is 0.164. The van der Waals surface area contributed by atoms with Gasteiger partial charge in [0, 0.05) is 28.9 Å². The summed E-state index contributed by atoms with van der Waals surface area (Å²) in [6.45, 7) is 4.48. The maximum Gasteiger partial charge on any atom is 0.250 e. The van der Waals surface area contributed by atoms with Gasteiger partial charge < -0.3 is 10.1 Å². The molecule has 4 rings (SSSR count). The number of ether oxygens (including phenoxy) is 1. The molecule has 8 heteroatoms. The lowest BCUT2D eigenvalue weighted by Gasteiger charge is -2.30. The second-order valence-corrected chi connectivity index (χ2v) is 8.61. The predicted molar refractivity (Wildman–Crippen MR) is 102 cm³/mol. The van der Waals surface area contributed by atoms with Gasteiger partial charge in [-0.3, -0.25) is 24.6 Å². The molecular formula is C19H22BrN3O4. The van der Waals surface area contributed by atoms with E-state index in [-0.39, 0.29) is 42.8 Å². The van der Waals surface area contributed by atoms with Crippen LogP contribution in [0.5, 0.6) is 0 Å². The van der Waals surface area contributed by atoms with Gasteiger partial charge in [0.15, 0.2) is 0 Å². The molecule has 1 spiro atoms. The number of nitrogens with zero attached hydrogens (tertiary/aromatic N) is 1. The number of fused-ring (bicyclic) bond motifs is 4. The van der Waals surface area contributed by atoms with Gasteiger partial charge in [0.2, 0.25) is 17.7 Å². The van der Waals surface area contributed by atoms with Crippen LogP contribution in [-0.4, -0.2) is 48.9 Å². The Balaban J connectivity index is 1.86. The zero-order chi connectivity index (χ0) is 19.5. The molecule has 0 aliphatic carbocycles. The summed E-state index contributed by atoms with van der Waals surface area (Å²) in [4.78, 5) is 40.8. The molecule has 27 heavy (non-hydrogen) atoms. The summed E-state index contributed by atoms with van der Waals surface area (Å²) < 4.78 is 5.88. The van der Waals surface area contributed by atoms with Gasteiger partial charge in [0.25, 0.3) is 0 Å². The number of hydrogen-bond donors (Lipinski definition) is 2. The van der Waals surface area contributed by atoms with E-state index in [0.717, 1.165) is 10.0 Å². The summed E-state index contributed by atoms with van der Waals surface area (Å²) in [5.74, 6) is -2.04. The van der Waals surface area contributed by atoms with Crippen LogP contribution in [0.1, 0.15) is 19.4 Å². The Morgan fingerprint density at radius 3 is 2.67 bits per heavy atom. The minimum Gasteiger partial charge on any atom is -0.383 e. The zero-order valence-electron chi connectivity index (χ0n) is 15.4. The van der Waals surface area contributed by atoms with Crippen LogP contribution in [0.2, 0.25) is 0 Å². The smallest absolute Gasteiger partial charge is 0.250 e. The number of imide groups is 1. The summed E-state index contributed by atoms with van der Waals surface area (Å²) in [6.07, 6.45) is 0. The lowest BCUT2D eigenvalue weighted by atomic mass is 9.76. The predicted octanol–water partition coefficient (Wildman–Crippen LogP) is 1.47. The number of amides is 3. The van der Waals surface area contributed by atoms with E-state index in [4.69, 9.17) is 4.74 Å². The number of likely N-dealkylation sites (tertiary alicyclic amines) is 1. The van der Waals surface area contributed by atoms with Crippen molar-refractivity contribution in [3.05, 3.63) is 28.2 Å². The summed E-state index contributed by atoms with van der Waals surface area (Å²) in [5, 5.41) is 6.30. The van der Waals surface area contributed by atoms with E-state index in [0.29, 0.717) is 5.69 Å². The minimum absolute atomic E-state index is 0.0833. The monoisotopic (exact) mass is 435 g/mol. The van der Waals surface area contributed by atoms with E-state index in [1.807, 2.05) is 32.0 Å². The van der Waals surface area contributed by atoms with Crippen LogP contribution in [0.3, 0.4) is 0 Å². The van der Waals surface area contributed by atoms with Gasteiger partial charge in [-0.25, -0.2) is 0 Å². The van der Waals surface area contributed by atoms with E-state index >= 15 is 0 Å². The van der Waals surface area contributed by atoms with Crippen LogP contribution >= 0.6 is 15.9 Å². The van der Waals surface area contributed by atoms with Crippen molar-refractivity contribution in [2.24, 2.45) is 17.8 Å². The van der Waals surface area contributed by atoms with Crippen molar-refractivity contribution in [1.29, 1.82) is 0 Å². The molecule has 1 aromatic carbocycles. The second kappa shape index (κ2) is 6.39. The normalized spacial score (nSPS) is 31.8. The third-order valence-electron chi connectivity index (χ3n) is 5.94. The Kier molecular flexibility index (Phi) is 4.40. The standard InChI is InChI=1S/C19H22BrN3O4/c1-9(2)15-13-14(17(25)23(16(13)24)6-7-27-3)19(22-15)11-8-10(20)4-5-12(11)21-18(19)26/h4-5,8-9,13-15,22H,6-7H2,1-3H3,(H,21,26)/t13-,14-,15-,19-/m0/s1. The van der Waals surface area contributed by atoms with Crippen LogP contribution < -0.4 is 10.6 Å². The van der Waals surface area contributed by atoms with Crippen LogP contribution in [0, 0.1) is 17.8 Å². The highest BCUT2D eigenvalue weighted by Crippen LogP contribution is 2.54.